The van der Waals surface area contributed by atoms with E-state index in [1.807, 2.05) is 0 Å². The van der Waals surface area contributed by atoms with Gasteiger partial charge in [-0.2, -0.15) is 5.10 Å². The minimum absolute atomic E-state index is 0.0940. The van der Waals surface area contributed by atoms with Gasteiger partial charge in [0, 0.05) is 23.8 Å². The van der Waals surface area contributed by atoms with Gasteiger partial charge in [0.25, 0.3) is 11.2 Å². The maximum absolute atomic E-state index is 12.2. The minimum atomic E-state index is -0.517. The van der Waals surface area contributed by atoms with E-state index in [9.17, 15) is 19.7 Å². The van der Waals surface area contributed by atoms with Crippen LogP contribution in [0.1, 0.15) is 0 Å². The molecule has 9 heteroatoms. The molecule has 1 heterocycles. The lowest BCUT2D eigenvalue weighted by Crippen LogP contribution is -2.29. The summed E-state index contributed by atoms with van der Waals surface area (Å²) in [5.74, 6) is -0.478. The summed E-state index contributed by atoms with van der Waals surface area (Å²) in [6.45, 7) is -0.327. The smallest absolute Gasteiger partial charge is 0.270 e. The molecule has 0 radical (unpaired) electrons. The zero-order chi connectivity index (χ0) is 19.4. The number of nitrogens with one attached hydrogen (secondary N) is 1. The number of nitrogens with zero attached hydrogens (tertiary/aromatic N) is 3. The standard InChI is InChI=1S/C18H13ClN4O4/c19-14-6-1-2-7-16(14)20-17(24)11-22-18(25)9-8-15(21-22)12-4-3-5-13(10-12)23(26)27/h1-10H,11H2,(H,20,24). The highest BCUT2D eigenvalue weighted by Gasteiger charge is 2.12. The molecule has 0 fully saturated rings. The van der Waals surface area contributed by atoms with Crippen LogP contribution < -0.4 is 10.9 Å². The van der Waals surface area contributed by atoms with Crippen LogP contribution in [0.3, 0.4) is 0 Å². The summed E-state index contributed by atoms with van der Waals surface area (Å²) in [6, 6.07) is 15.3. The van der Waals surface area contributed by atoms with Gasteiger partial charge in [-0.25, -0.2) is 4.68 Å². The molecule has 1 N–H and O–H groups in total. The fourth-order valence-electron chi connectivity index (χ4n) is 2.38. The largest absolute Gasteiger partial charge is 0.323 e. The Bertz CT molecular complexity index is 1080. The summed E-state index contributed by atoms with van der Waals surface area (Å²) in [7, 11) is 0. The first-order valence-electron chi connectivity index (χ1n) is 7.81. The van der Waals surface area contributed by atoms with Gasteiger partial charge in [0.15, 0.2) is 0 Å². The number of non-ortho nitro benzene ring substituents is 1. The van der Waals surface area contributed by atoms with Crippen LogP contribution >= 0.6 is 11.6 Å². The molecule has 0 atom stereocenters. The fourth-order valence-corrected chi connectivity index (χ4v) is 2.57. The third-order valence-corrected chi connectivity index (χ3v) is 3.99. The Hall–Kier alpha value is -3.52. The van der Waals surface area contributed by atoms with E-state index in [0.29, 0.717) is 22.0 Å². The van der Waals surface area contributed by atoms with E-state index in [0.717, 1.165) is 4.68 Å². The lowest BCUT2D eigenvalue weighted by atomic mass is 10.1. The number of anilines is 1. The van der Waals surface area contributed by atoms with E-state index in [-0.39, 0.29) is 12.2 Å². The highest BCUT2D eigenvalue weighted by molar-refractivity contribution is 6.33. The first-order chi connectivity index (χ1) is 12.9. The third kappa shape index (κ3) is 4.36. The predicted molar refractivity (Wildman–Crippen MR) is 101 cm³/mol. The van der Waals surface area contributed by atoms with Crippen LogP contribution in [0.4, 0.5) is 11.4 Å². The lowest BCUT2D eigenvalue weighted by molar-refractivity contribution is -0.384. The van der Waals surface area contributed by atoms with Crippen molar-refractivity contribution in [3.05, 3.63) is 86.2 Å². The molecule has 0 spiro atoms. The van der Waals surface area contributed by atoms with Gasteiger partial charge in [-0.15, -0.1) is 0 Å². The van der Waals surface area contributed by atoms with Crippen molar-refractivity contribution in [2.45, 2.75) is 6.54 Å². The fraction of sp³-hybridized carbons (Fsp3) is 0.0556. The Balaban J connectivity index is 1.85. The molecule has 27 heavy (non-hydrogen) atoms. The molecule has 0 aliphatic rings. The van der Waals surface area contributed by atoms with Gasteiger partial charge in [0.1, 0.15) is 6.54 Å². The summed E-state index contributed by atoms with van der Waals surface area (Å²) in [4.78, 5) is 34.6. The quantitative estimate of drug-likeness (QED) is 0.537. The van der Waals surface area contributed by atoms with Crippen LogP contribution in [0, 0.1) is 10.1 Å². The van der Waals surface area contributed by atoms with Crippen LogP contribution in [-0.4, -0.2) is 20.6 Å². The normalized spacial score (nSPS) is 10.4. The van der Waals surface area contributed by atoms with Crippen LogP contribution in [0.15, 0.2) is 65.5 Å². The van der Waals surface area contributed by atoms with Gasteiger partial charge in [-0.1, -0.05) is 35.9 Å². The van der Waals surface area contributed by atoms with Gasteiger partial charge in [-0.05, 0) is 18.2 Å². The number of nitro benzene ring substituents is 1. The van der Waals surface area contributed by atoms with Gasteiger partial charge < -0.3 is 5.32 Å². The Labute approximate surface area is 158 Å². The molecule has 8 nitrogen and oxygen atoms in total. The number of carbonyl (C=O) groups excluding carboxylic acids is 1. The van der Waals surface area contributed by atoms with Crippen molar-refractivity contribution in [3.8, 4) is 11.3 Å². The summed E-state index contributed by atoms with van der Waals surface area (Å²) < 4.78 is 0.986. The number of halogens is 1. The number of amides is 1. The molecule has 0 saturated heterocycles. The number of rotatable bonds is 5. The van der Waals surface area contributed by atoms with Gasteiger partial charge in [0.2, 0.25) is 5.91 Å². The molecule has 0 aliphatic heterocycles. The minimum Gasteiger partial charge on any atom is -0.323 e. The summed E-state index contributed by atoms with van der Waals surface area (Å²) in [5.41, 5.74) is 0.655. The lowest BCUT2D eigenvalue weighted by Gasteiger charge is -2.09. The molecule has 0 unspecified atom stereocenters. The molecule has 0 aliphatic carbocycles. The van der Waals surface area contributed by atoms with Crippen molar-refractivity contribution in [2.75, 3.05) is 5.32 Å². The third-order valence-electron chi connectivity index (χ3n) is 3.66. The Morgan fingerprint density at radius 3 is 2.67 bits per heavy atom. The maximum atomic E-state index is 12.2. The van der Waals surface area contributed by atoms with E-state index in [1.54, 1.807) is 30.3 Å². The van der Waals surface area contributed by atoms with Gasteiger partial charge in [0.05, 0.1) is 21.3 Å². The maximum Gasteiger partial charge on any atom is 0.270 e. The summed E-state index contributed by atoms with van der Waals surface area (Å²) >= 11 is 5.99. The monoisotopic (exact) mass is 384 g/mol. The van der Waals surface area contributed by atoms with Crippen LogP contribution in [0.25, 0.3) is 11.3 Å². The second-order valence-electron chi connectivity index (χ2n) is 5.55. The molecule has 3 aromatic rings. The van der Waals surface area contributed by atoms with E-state index < -0.39 is 16.4 Å². The molecule has 1 aromatic heterocycles. The number of aromatic nitrogens is 2. The molecule has 0 saturated carbocycles. The molecule has 1 amide bonds. The average molecular weight is 385 g/mol. The zero-order valence-corrected chi connectivity index (χ0v) is 14.6. The average Bonchev–Trinajstić information content (AvgIpc) is 2.65. The van der Waals surface area contributed by atoms with Crippen LogP contribution in [0.5, 0.6) is 0 Å². The molecular formula is C18H13ClN4O4. The van der Waals surface area contributed by atoms with Crippen molar-refractivity contribution in [3.63, 3.8) is 0 Å². The number of benzene rings is 2. The number of hydrogen-bond donors (Lipinski definition) is 1. The van der Waals surface area contributed by atoms with Crippen LogP contribution in [0.2, 0.25) is 5.02 Å². The number of para-hydroxylation sites is 1. The second kappa shape index (κ2) is 7.79. The summed E-state index contributed by atoms with van der Waals surface area (Å²) in [6.07, 6.45) is 0. The molecular weight excluding hydrogens is 372 g/mol. The second-order valence-corrected chi connectivity index (χ2v) is 5.96. The molecule has 0 bridgehead atoms. The van der Waals surface area contributed by atoms with Crippen molar-refractivity contribution in [2.24, 2.45) is 0 Å². The molecule has 136 valence electrons. The Morgan fingerprint density at radius 1 is 1.15 bits per heavy atom. The van der Waals surface area contributed by atoms with Crippen molar-refractivity contribution in [1.82, 2.24) is 9.78 Å². The highest BCUT2D eigenvalue weighted by atomic mass is 35.5. The first-order valence-corrected chi connectivity index (χ1v) is 8.19. The van der Waals surface area contributed by atoms with E-state index >= 15 is 0 Å². The summed E-state index contributed by atoms with van der Waals surface area (Å²) in [5, 5.41) is 18.0. The number of carbonyl (C=O) groups is 1. The van der Waals surface area contributed by atoms with Crippen molar-refractivity contribution >= 4 is 28.9 Å². The Kier molecular flexibility index (Phi) is 5.28. The SMILES string of the molecule is O=C(Cn1nc(-c2cccc([N+](=O)[O-])c2)ccc1=O)Nc1ccccc1Cl. The van der Waals surface area contributed by atoms with Gasteiger partial charge >= 0.3 is 0 Å². The molecule has 3 rings (SSSR count). The Morgan fingerprint density at radius 2 is 1.93 bits per heavy atom. The number of hydrogen-bond acceptors (Lipinski definition) is 5. The van der Waals surface area contributed by atoms with Gasteiger partial charge in [-0.3, -0.25) is 19.7 Å². The highest BCUT2D eigenvalue weighted by Crippen LogP contribution is 2.22. The number of nitro groups is 1. The predicted octanol–water partition coefficient (Wildman–Crippen LogP) is 3.11. The van der Waals surface area contributed by atoms with Crippen LogP contribution in [-0.2, 0) is 11.3 Å². The molecule has 2 aromatic carbocycles. The zero-order valence-electron chi connectivity index (χ0n) is 13.8. The topological polar surface area (TPSA) is 107 Å². The van der Waals surface area contributed by atoms with Crippen molar-refractivity contribution in [1.29, 1.82) is 0 Å². The van der Waals surface area contributed by atoms with E-state index in [2.05, 4.69) is 10.4 Å². The first kappa shape index (κ1) is 18.3. The van der Waals surface area contributed by atoms with E-state index in [1.165, 1.54) is 30.3 Å². The van der Waals surface area contributed by atoms with Crippen molar-refractivity contribution < 1.29 is 9.72 Å². The van der Waals surface area contributed by atoms with E-state index in [4.69, 9.17) is 11.6 Å².